The van der Waals surface area contributed by atoms with E-state index in [1.54, 1.807) is 4.90 Å². The second kappa shape index (κ2) is 5.65. The van der Waals surface area contributed by atoms with Crippen molar-refractivity contribution in [3.63, 3.8) is 0 Å². The standard InChI is InChI=1S/C16H22N2O2/c1-4-16(3,5-2)18-11-13(19)17-14(15(18)20)12-9-7-6-8-10-12/h6-10,14H,4-5,11H2,1-3H3,(H,17,19). The molecule has 1 atom stereocenters. The van der Waals surface area contributed by atoms with Crippen molar-refractivity contribution in [1.29, 1.82) is 0 Å². The minimum absolute atomic E-state index is 0.0120. The molecular formula is C16H22N2O2. The second-order valence-electron chi connectivity index (χ2n) is 5.54. The zero-order valence-corrected chi connectivity index (χ0v) is 12.3. The number of benzene rings is 1. The van der Waals surface area contributed by atoms with Gasteiger partial charge >= 0.3 is 0 Å². The molecule has 0 spiro atoms. The molecule has 1 aromatic carbocycles. The summed E-state index contributed by atoms with van der Waals surface area (Å²) in [6.07, 6.45) is 1.67. The molecule has 1 unspecified atom stereocenters. The molecule has 1 aliphatic heterocycles. The Morgan fingerprint density at radius 2 is 1.80 bits per heavy atom. The van der Waals surface area contributed by atoms with E-state index in [9.17, 15) is 9.59 Å². The van der Waals surface area contributed by atoms with E-state index in [2.05, 4.69) is 19.2 Å². The van der Waals surface area contributed by atoms with Crippen LogP contribution in [0.3, 0.4) is 0 Å². The van der Waals surface area contributed by atoms with Gasteiger partial charge in [0.05, 0.1) is 0 Å². The van der Waals surface area contributed by atoms with Gasteiger partial charge in [0.1, 0.15) is 12.6 Å². The van der Waals surface area contributed by atoms with Crippen LogP contribution in [0.4, 0.5) is 0 Å². The van der Waals surface area contributed by atoms with E-state index in [-0.39, 0.29) is 23.9 Å². The molecule has 1 fully saturated rings. The first kappa shape index (κ1) is 14.6. The summed E-state index contributed by atoms with van der Waals surface area (Å²) in [5.41, 5.74) is 0.576. The Labute approximate surface area is 120 Å². The molecule has 0 saturated carbocycles. The lowest BCUT2D eigenvalue weighted by molar-refractivity contribution is -0.151. The van der Waals surface area contributed by atoms with Gasteiger partial charge < -0.3 is 10.2 Å². The van der Waals surface area contributed by atoms with E-state index in [0.717, 1.165) is 18.4 Å². The molecule has 20 heavy (non-hydrogen) atoms. The normalized spacial score (nSPS) is 19.9. The fourth-order valence-corrected chi connectivity index (χ4v) is 2.61. The number of hydrogen-bond acceptors (Lipinski definition) is 2. The Hall–Kier alpha value is -1.84. The van der Waals surface area contributed by atoms with Gasteiger partial charge in [-0.2, -0.15) is 0 Å². The molecule has 0 aromatic heterocycles. The predicted molar refractivity (Wildman–Crippen MR) is 78.0 cm³/mol. The average Bonchev–Trinajstić information content (AvgIpc) is 2.49. The van der Waals surface area contributed by atoms with Crippen LogP contribution in [0.5, 0.6) is 0 Å². The third-order valence-electron chi connectivity index (χ3n) is 4.43. The van der Waals surface area contributed by atoms with Gasteiger partial charge in [0.2, 0.25) is 5.91 Å². The molecule has 4 heteroatoms. The Balaban J connectivity index is 2.33. The number of hydrogen-bond donors (Lipinski definition) is 1. The highest BCUT2D eigenvalue weighted by molar-refractivity contribution is 5.96. The fourth-order valence-electron chi connectivity index (χ4n) is 2.61. The van der Waals surface area contributed by atoms with Gasteiger partial charge in [-0.25, -0.2) is 0 Å². The Morgan fingerprint density at radius 1 is 1.20 bits per heavy atom. The highest BCUT2D eigenvalue weighted by Gasteiger charge is 2.41. The highest BCUT2D eigenvalue weighted by Crippen LogP contribution is 2.29. The Morgan fingerprint density at radius 3 is 2.35 bits per heavy atom. The van der Waals surface area contributed by atoms with Crippen LogP contribution in [0.25, 0.3) is 0 Å². The van der Waals surface area contributed by atoms with E-state index >= 15 is 0 Å². The van der Waals surface area contributed by atoms with Crippen molar-refractivity contribution < 1.29 is 9.59 Å². The minimum Gasteiger partial charge on any atom is -0.339 e. The van der Waals surface area contributed by atoms with Crippen molar-refractivity contribution in [3.8, 4) is 0 Å². The minimum atomic E-state index is -0.560. The van der Waals surface area contributed by atoms with Gasteiger partial charge in [0.25, 0.3) is 5.91 Å². The summed E-state index contributed by atoms with van der Waals surface area (Å²) < 4.78 is 0. The van der Waals surface area contributed by atoms with Gasteiger partial charge in [-0.1, -0.05) is 44.2 Å². The molecule has 0 bridgehead atoms. The molecule has 2 rings (SSSR count). The lowest BCUT2D eigenvalue weighted by Crippen LogP contribution is -2.60. The largest absolute Gasteiger partial charge is 0.339 e. The van der Waals surface area contributed by atoms with Crippen molar-refractivity contribution in [2.45, 2.75) is 45.2 Å². The zero-order valence-electron chi connectivity index (χ0n) is 12.3. The van der Waals surface area contributed by atoms with Crippen LogP contribution in [-0.4, -0.2) is 28.8 Å². The van der Waals surface area contributed by atoms with Gasteiger partial charge in [-0.05, 0) is 25.3 Å². The molecular weight excluding hydrogens is 252 g/mol. The maximum Gasteiger partial charge on any atom is 0.250 e. The zero-order chi connectivity index (χ0) is 14.8. The molecule has 1 N–H and O–H groups in total. The fraction of sp³-hybridized carbons (Fsp3) is 0.500. The molecule has 1 heterocycles. The Kier molecular flexibility index (Phi) is 4.12. The van der Waals surface area contributed by atoms with E-state index < -0.39 is 6.04 Å². The molecule has 1 aromatic rings. The van der Waals surface area contributed by atoms with Gasteiger partial charge in [-0.15, -0.1) is 0 Å². The summed E-state index contributed by atoms with van der Waals surface area (Å²) in [6.45, 7) is 6.31. The van der Waals surface area contributed by atoms with Crippen LogP contribution >= 0.6 is 0 Å². The topological polar surface area (TPSA) is 49.4 Å². The summed E-state index contributed by atoms with van der Waals surface area (Å²) in [5.74, 6) is -0.103. The quantitative estimate of drug-likeness (QED) is 0.915. The molecule has 1 aliphatic rings. The maximum absolute atomic E-state index is 12.7. The van der Waals surface area contributed by atoms with Crippen LogP contribution in [0.15, 0.2) is 30.3 Å². The molecule has 108 valence electrons. The van der Waals surface area contributed by atoms with Crippen LogP contribution in [0.2, 0.25) is 0 Å². The predicted octanol–water partition coefficient (Wildman–Crippen LogP) is 2.26. The first-order valence-corrected chi connectivity index (χ1v) is 7.17. The number of carbonyl (C=O) groups is 2. The monoisotopic (exact) mass is 274 g/mol. The van der Waals surface area contributed by atoms with Crippen molar-refractivity contribution >= 4 is 11.8 Å². The van der Waals surface area contributed by atoms with Crippen LogP contribution in [-0.2, 0) is 9.59 Å². The second-order valence-corrected chi connectivity index (χ2v) is 5.54. The number of amides is 2. The maximum atomic E-state index is 12.7. The summed E-state index contributed by atoms with van der Waals surface area (Å²) >= 11 is 0. The molecule has 1 saturated heterocycles. The number of nitrogens with one attached hydrogen (secondary N) is 1. The molecule has 0 aliphatic carbocycles. The summed E-state index contributed by atoms with van der Waals surface area (Å²) in [6, 6.07) is 8.86. The number of carbonyl (C=O) groups excluding carboxylic acids is 2. The molecule has 4 nitrogen and oxygen atoms in total. The molecule has 2 amide bonds. The van der Waals surface area contributed by atoms with Gasteiger partial charge in [0.15, 0.2) is 0 Å². The first-order valence-electron chi connectivity index (χ1n) is 7.17. The van der Waals surface area contributed by atoms with Crippen LogP contribution in [0, 0.1) is 0 Å². The lowest BCUT2D eigenvalue weighted by atomic mass is 9.90. The summed E-state index contributed by atoms with van der Waals surface area (Å²) in [5, 5.41) is 2.80. The van der Waals surface area contributed by atoms with Crippen molar-refractivity contribution in [2.24, 2.45) is 0 Å². The smallest absolute Gasteiger partial charge is 0.250 e. The number of piperazine rings is 1. The highest BCUT2D eigenvalue weighted by atomic mass is 16.2. The third kappa shape index (κ3) is 2.55. The van der Waals surface area contributed by atoms with Crippen molar-refractivity contribution in [1.82, 2.24) is 10.2 Å². The number of rotatable bonds is 4. The van der Waals surface area contributed by atoms with E-state index in [4.69, 9.17) is 0 Å². The van der Waals surface area contributed by atoms with E-state index in [1.807, 2.05) is 37.3 Å². The Bertz CT molecular complexity index is 494. The average molecular weight is 274 g/mol. The summed E-state index contributed by atoms with van der Waals surface area (Å²) in [7, 11) is 0. The number of nitrogens with zero attached hydrogens (tertiary/aromatic N) is 1. The van der Waals surface area contributed by atoms with E-state index in [1.165, 1.54) is 0 Å². The van der Waals surface area contributed by atoms with Crippen LogP contribution in [0.1, 0.15) is 45.2 Å². The van der Waals surface area contributed by atoms with E-state index in [0.29, 0.717) is 0 Å². The lowest BCUT2D eigenvalue weighted by Gasteiger charge is -2.44. The first-order chi connectivity index (χ1) is 9.51. The molecule has 0 radical (unpaired) electrons. The third-order valence-corrected chi connectivity index (χ3v) is 4.43. The van der Waals surface area contributed by atoms with Crippen LogP contribution < -0.4 is 5.32 Å². The van der Waals surface area contributed by atoms with Gasteiger partial charge in [-0.3, -0.25) is 9.59 Å². The summed E-state index contributed by atoms with van der Waals surface area (Å²) in [4.78, 5) is 26.5. The SMILES string of the molecule is CCC(C)(CC)N1CC(=O)NC(c2ccccc2)C1=O. The van der Waals surface area contributed by atoms with Gasteiger partial charge in [0, 0.05) is 5.54 Å². The van der Waals surface area contributed by atoms with Crippen molar-refractivity contribution in [3.05, 3.63) is 35.9 Å². The van der Waals surface area contributed by atoms with Crippen molar-refractivity contribution in [2.75, 3.05) is 6.54 Å².